The fraction of sp³-hybridized carbons (Fsp3) is 0.397. The zero-order valence-electron chi connectivity index (χ0n) is 43.4. The Bertz CT molecular complexity index is 2460. The van der Waals surface area contributed by atoms with E-state index >= 15 is 0 Å². The predicted molar refractivity (Wildman–Crippen MR) is 290 cm³/mol. The largest absolute Gasteiger partial charge is 0.390 e. The summed E-state index contributed by atoms with van der Waals surface area (Å²) >= 11 is 0. The summed E-state index contributed by atoms with van der Waals surface area (Å²) in [5.41, 5.74) is 5.51. The number of rotatable bonds is 33. The van der Waals surface area contributed by atoms with Crippen molar-refractivity contribution < 1.29 is 47.9 Å². The summed E-state index contributed by atoms with van der Waals surface area (Å²) in [6.07, 6.45) is 0.303. The SMILES string of the molecule is CC[C@@H](O)[C@@H](OCc1ccccc1)[C@H](CO[C@H]1OC(COCc2ccccc2)[C@H](OCc2ccccc2)[C@H](OCc2ccccc2)C1OCc1ccccc1)NC(=O)CCCCCCCCNC(=O)c1ccccc1. The molecule has 2 unspecified atom stereocenters. The topological polar surface area (TPSA) is 143 Å². The van der Waals surface area contributed by atoms with Gasteiger partial charge in [0.15, 0.2) is 6.29 Å². The summed E-state index contributed by atoms with van der Waals surface area (Å²) in [7, 11) is 0. The van der Waals surface area contributed by atoms with E-state index in [1.165, 1.54) is 0 Å². The minimum absolute atomic E-state index is 0.0601. The number of aliphatic hydroxyl groups excluding tert-OH is 1. The van der Waals surface area contributed by atoms with E-state index in [0.29, 0.717) is 31.6 Å². The summed E-state index contributed by atoms with van der Waals surface area (Å²) in [6, 6.07) is 58.1. The molecule has 12 heteroatoms. The molecule has 1 saturated heterocycles. The fourth-order valence-corrected chi connectivity index (χ4v) is 9.08. The van der Waals surface area contributed by atoms with Crippen LogP contribution in [-0.4, -0.2) is 85.6 Å². The third-order valence-corrected chi connectivity index (χ3v) is 13.3. The maximum atomic E-state index is 14.0. The van der Waals surface area contributed by atoms with E-state index in [4.69, 9.17) is 33.2 Å². The van der Waals surface area contributed by atoms with Gasteiger partial charge in [-0.3, -0.25) is 9.59 Å². The first kappa shape index (κ1) is 56.7. The summed E-state index contributed by atoms with van der Waals surface area (Å²) < 4.78 is 47.6. The highest BCUT2D eigenvalue weighted by Crippen LogP contribution is 2.32. The molecule has 1 fully saturated rings. The van der Waals surface area contributed by atoms with Crippen LogP contribution in [-0.2, 0) is 71.0 Å². The highest BCUT2D eigenvalue weighted by atomic mass is 16.7. The van der Waals surface area contributed by atoms with E-state index in [1.54, 1.807) is 0 Å². The molecule has 0 radical (unpaired) electrons. The third-order valence-electron chi connectivity index (χ3n) is 13.3. The lowest BCUT2D eigenvalue weighted by atomic mass is 9.97. The van der Waals surface area contributed by atoms with E-state index in [2.05, 4.69) is 10.6 Å². The van der Waals surface area contributed by atoms with E-state index in [-0.39, 0.29) is 57.9 Å². The molecule has 398 valence electrons. The molecule has 7 rings (SSSR count). The van der Waals surface area contributed by atoms with Crippen LogP contribution in [0.2, 0.25) is 0 Å². The van der Waals surface area contributed by atoms with Crippen LogP contribution >= 0.6 is 0 Å². The van der Waals surface area contributed by atoms with Crippen molar-refractivity contribution in [3.05, 3.63) is 215 Å². The van der Waals surface area contributed by atoms with E-state index < -0.39 is 49.0 Å². The van der Waals surface area contributed by atoms with Crippen molar-refractivity contribution in [1.82, 2.24) is 10.6 Å². The molecule has 1 heterocycles. The Hall–Kier alpha value is -6.06. The number of aliphatic hydroxyl groups is 1. The van der Waals surface area contributed by atoms with Crippen LogP contribution in [0.25, 0.3) is 0 Å². The average molecular weight is 1020 g/mol. The molecule has 0 saturated carbocycles. The van der Waals surface area contributed by atoms with Crippen molar-refractivity contribution in [3.63, 3.8) is 0 Å². The summed E-state index contributed by atoms with van der Waals surface area (Å²) in [5.74, 6) is -0.231. The highest BCUT2D eigenvalue weighted by Gasteiger charge is 2.49. The maximum Gasteiger partial charge on any atom is 0.251 e. The van der Waals surface area contributed by atoms with Gasteiger partial charge in [-0.05, 0) is 59.2 Å². The van der Waals surface area contributed by atoms with Gasteiger partial charge in [0.05, 0.1) is 58.4 Å². The van der Waals surface area contributed by atoms with Crippen LogP contribution in [0.4, 0.5) is 0 Å². The van der Waals surface area contributed by atoms with Crippen molar-refractivity contribution in [2.24, 2.45) is 0 Å². The standard InChI is InChI=1S/C63H76N2O10/c1-2-55(66)58(70-42-49-29-15-8-16-30-49)54(65-57(67)39-25-5-3-4-6-26-40-64-62(68)53-37-23-12-24-38-53)46-74-63-61(73-45-52-35-21-11-22-36-52)60(72-44-51-33-19-10-20-34-51)59(71-43-50-31-17-9-18-32-50)56(75-63)47-69-41-48-27-13-7-14-28-48/h7-24,27-38,54-56,58-61,63,66H,2-6,25-26,39-47H2,1H3,(H,64,68)(H,65,67)/t54-,55+,56?,58-,59-,60-,61?,63-/m0/s1. The number of hydrogen-bond acceptors (Lipinski definition) is 10. The second-order valence-corrected chi connectivity index (χ2v) is 19.1. The highest BCUT2D eigenvalue weighted by molar-refractivity contribution is 5.94. The van der Waals surface area contributed by atoms with Gasteiger partial charge in [0.1, 0.15) is 30.5 Å². The van der Waals surface area contributed by atoms with E-state index in [1.807, 2.05) is 189 Å². The first-order valence-corrected chi connectivity index (χ1v) is 26.7. The summed E-state index contributed by atoms with van der Waals surface area (Å²) in [5, 5.41) is 17.9. The smallest absolute Gasteiger partial charge is 0.251 e. The quantitative estimate of drug-likeness (QED) is 0.0341. The van der Waals surface area contributed by atoms with Gasteiger partial charge in [0.2, 0.25) is 5.91 Å². The number of hydrogen-bond donors (Lipinski definition) is 3. The second-order valence-electron chi connectivity index (χ2n) is 19.1. The number of nitrogens with one attached hydrogen (secondary N) is 2. The Morgan fingerprint density at radius 3 is 1.52 bits per heavy atom. The molecule has 1 aliphatic rings. The Balaban J connectivity index is 1.09. The van der Waals surface area contributed by atoms with Gasteiger partial charge in [-0.1, -0.05) is 202 Å². The number of unbranched alkanes of at least 4 members (excludes halogenated alkanes) is 5. The molecule has 0 aromatic heterocycles. The summed E-state index contributed by atoms with van der Waals surface area (Å²) in [4.78, 5) is 26.4. The Morgan fingerprint density at radius 2 is 0.987 bits per heavy atom. The molecule has 75 heavy (non-hydrogen) atoms. The van der Waals surface area contributed by atoms with Gasteiger partial charge in [-0.2, -0.15) is 0 Å². The van der Waals surface area contributed by atoms with Crippen molar-refractivity contribution in [3.8, 4) is 0 Å². The number of benzene rings is 6. The minimum atomic E-state index is -1.05. The lowest BCUT2D eigenvalue weighted by Crippen LogP contribution is -2.62. The van der Waals surface area contributed by atoms with Gasteiger partial charge < -0.3 is 48.9 Å². The number of ether oxygens (including phenoxy) is 7. The van der Waals surface area contributed by atoms with Crippen molar-refractivity contribution in [1.29, 1.82) is 0 Å². The van der Waals surface area contributed by atoms with Crippen molar-refractivity contribution in [2.75, 3.05) is 19.8 Å². The third kappa shape index (κ3) is 19.5. The molecule has 3 N–H and O–H groups in total. The van der Waals surface area contributed by atoms with Crippen LogP contribution in [0, 0.1) is 0 Å². The minimum Gasteiger partial charge on any atom is -0.390 e. The van der Waals surface area contributed by atoms with E-state index in [0.717, 1.165) is 59.9 Å². The van der Waals surface area contributed by atoms with Gasteiger partial charge in [-0.25, -0.2) is 0 Å². The first-order valence-electron chi connectivity index (χ1n) is 26.7. The number of carbonyl (C=O) groups is 2. The molecular weight excluding hydrogens is 945 g/mol. The normalized spacial score (nSPS) is 18.7. The number of amides is 2. The Morgan fingerprint density at radius 1 is 0.533 bits per heavy atom. The molecule has 0 aliphatic carbocycles. The molecule has 0 spiro atoms. The zero-order chi connectivity index (χ0) is 52.1. The molecule has 0 bridgehead atoms. The Labute approximate surface area is 444 Å². The number of carbonyl (C=O) groups excluding carboxylic acids is 2. The maximum absolute atomic E-state index is 14.0. The van der Waals surface area contributed by atoms with Crippen LogP contribution < -0.4 is 10.6 Å². The molecule has 6 aromatic carbocycles. The fourth-order valence-electron chi connectivity index (χ4n) is 9.08. The zero-order valence-corrected chi connectivity index (χ0v) is 43.4. The average Bonchev–Trinajstić information content (AvgIpc) is 3.46. The van der Waals surface area contributed by atoms with E-state index in [9.17, 15) is 14.7 Å². The van der Waals surface area contributed by atoms with Crippen LogP contribution in [0.5, 0.6) is 0 Å². The van der Waals surface area contributed by atoms with Crippen LogP contribution in [0.15, 0.2) is 182 Å². The molecule has 1 aliphatic heterocycles. The second kappa shape index (κ2) is 32.4. The van der Waals surface area contributed by atoms with Gasteiger partial charge in [0, 0.05) is 18.5 Å². The monoisotopic (exact) mass is 1020 g/mol. The van der Waals surface area contributed by atoms with Crippen LogP contribution in [0.3, 0.4) is 0 Å². The molecule has 8 atom stereocenters. The van der Waals surface area contributed by atoms with Crippen molar-refractivity contribution >= 4 is 11.8 Å². The van der Waals surface area contributed by atoms with Gasteiger partial charge >= 0.3 is 0 Å². The Kier molecular flexibility index (Phi) is 24.5. The summed E-state index contributed by atoms with van der Waals surface area (Å²) in [6.45, 7) is 3.90. The molecular formula is C63H76N2O10. The lowest BCUT2D eigenvalue weighted by Gasteiger charge is -2.46. The molecule has 6 aromatic rings. The van der Waals surface area contributed by atoms with Crippen LogP contribution in [0.1, 0.15) is 96.5 Å². The predicted octanol–water partition coefficient (Wildman–Crippen LogP) is 10.7. The molecule has 2 amide bonds. The van der Waals surface area contributed by atoms with Crippen molar-refractivity contribution in [2.45, 2.75) is 140 Å². The first-order chi connectivity index (χ1) is 36.9. The van der Waals surface area contributed by atoms with Gasteiger partial charge in [-0.15, -0.1) is 0 Å². The lowest BCUT2D eigenvalue weighted by molar-refractivity contribution is -0.330. The van der Waals surface area contributed by atoms with Gasteiger partial charge in [0.25, 0.3) is 5.91 Å². The molecule has 12 nitrogen and oxygen atoms in total.